The maximum absolute atomic E-state index is 12.1. The van der Waals surface area contributed by atoms with Gasteiger partial charge in [-0.25, -0.2) is 0 Å². The van der Waals surface area contributed by atoms with Gasteiger partial charge in [0, 0.05) is 18.5 Å². The maximum atomic E-state index is 12.1. The van der Waals surface area contributed by atoms with Crippen LogP contribution in [0.15, 0.2) is 18.2 Å². The molecule has 0 unspecified atom stereocenters. The summed E-state index contributed by atoms with van der Waals surface area (Å²) >= 11 is 11.7. The summed E-state index contributed by atoms with van der Waals surface area (Å²) in [5.41, 5.74) is 0.492. The second kappa shape index (κ2) is 6.40. The van der Waals surface area contributed by atoms with Crippen LogP contribution in [0.25, 0.3) is 0 Å². The maximum Gasteiger partial charge on any atom is 0.222 e. The first-order valence-electron chi connectivity index (χ1n) is 6.34. The Morgan fingerprint density at radius 3 is 2.68 bits per heavy atom. The highest BCUT2D eigenvalue weighted by molar-refractivity contribution is 6.42. The molecule has 1 amide bonds. The van der Waals surface area contributed by atoms with Crippen LogP contribution in [0.5, 0.6) is 0 Å². The summed E-state index contributed by atoms with van der Waals surface area (Å²) in [6.45, 7) is 0.780. The summed E-state index contributed by atoms with van der Waals surface area (Å²) in [4.78, 5) is 25.6. The second-order valence-electron chi connectivity index (χ2n) is 4.68. The van der Waals surface area contributed by atoms with Gasteiger partial charge in [-0.3, -0.25) is 9.59 Å². The van der Waals surface area contributed by atoms with E-state index in [1.807, 2.05) is 0 Å². The van der Waals surface area contributed by atoms with E-state index in [-0.39, 0.29) is 18.2 Å². The average molecular weight is 300 g/mol. The number of amides is 1. The number of ketones is 1. The van der Waals surface area contributed by atoms with Crippen LogP contribution >= 0.6 is 23.2 Å². The molecule has 2 rings (SSSR count). The lowest BCUT2D eigenvalue weighted by Crippen LogP contribution is -2.35. The molecule has 0 radical (unpaired) electrons. The fraction of sp³-hybridized carbons (Fsp3) is 0.429. The quantitative estimate of drug-likeness (QED) is 0.800. The zero-order chi connectivity index (χ0) is 13.8. The van der Waals surface area contributed by atoms with Crippen LogP contribution in [-0.2, 0) is 4.79 Å². The van der Waals surface area contributed by atoms with Crippen LogP contribution in [0, 0.1) is 0 Å². The average Bonchev–Trinajstić information content (AvgIpc) is 2.58. The van der Waals surface area contributed by atoms with Gasteiger partial charge < -0.3 is 4.90 Å². The van der Waals surface area contributed by atoms with E-state index in [0.717, 1.165) is 19.3 Å². The fourth-order valence-electron chi connectivity index (χ4n) is 2.14. The van der Waals surface area contributed by atoms with Crippen molar-refractivity contribution in [3.63, 3.8) is 0 Å². The van der Waals surface area contributed by atoms with E-state index in [0.29, 0.717) is 28.6 Å². The molecular weight excluding hydrogens is 285 g/mol. The molecule has 102 valence electrons. The van der Waals surface area contributed by atoms with Gasteiger partial charge in [0.15, 0.2) is 5.78 Å². The van der Waals surface area contributed by atoms with Crippen molar-refractivity contribution >= 4 is 34.9 Å². The smallest absolute Gasteiger partial charge is 0.222 e. The first kappa shape index (κ1) is 14.4. The zero-order valence-electron chi connectivity index (χ0n) is 10.5. The second-order valence-corrected chi connectivity index (χ2v) is 5.49. The molecule has 1 aromatic carbocycles. The first-order chi connectivity index (χ1) is 9.08. The fourth-order valence-corrected chi connectivity index (χ4v) is 2.44. The Morgan fingerprint density at radius 1 is 1.16 bits per heavy atom. The normalized spacial score (nSPS) is 16.3. The van der Waals surface area contributed by atoms with Gasteiger partial charge in [-0.05, 0) is 31.0 Å². The standard InChI is InChI=1S/C14H15Cl2NO2/c15-11-6-5-10(8-12(11)16)13(18)9-17-7-3-1-2-4-14(17)19/h5-6,8H,1-4,7,9H2. The van der Waals surface area contributed by atoms with Crippen molar-refractivity contribution in [2.45, 2.75) is 25.7 Å². The molecule has 0 bridgehead atoms. The minimum absolute atomic E-state index is 0.0610. The predicted molar refractivity (Wildman–Crippen MR) is 75.8 cm³/mol. The molecule has 0 spiro atoms. The number of halogens is 2. The highest BCUT2D eigenvalue weighted by Gasteiger charge is 2.20. The molecule has 1 aliphatic rings. The van der Waals surface area contributed by atoms with Gasteiger partial charge in [-0.15, -0.1) is 0 Å². The van der Waals surface area contributed by atoms with E-state index in [4.69, 9.17) is 23.2 Å². The van der Waals surface area contributed by atoms with Gasteiger partial charge >= 0.3 is 0 Å². The van der Waals surface area contributed by atoms with Crippen molar-refractivity contribution < 1.29 is 9.59 Å². The van der Waals surface area contributed by atoms with Gasteiger partial charge in [0.2, 0.25) is 5.91 Å². The molecule has 1 aromatic rings. The summed E-state index contributed by atoms with van der Waals surface area (Å²) in [6.07, 6.45) is 3.45. The molecule has 1 saturated heterocycles. The van der Waals surface area contributed by atoms with Crippen LogP contribution in [0.1, 0.15) is 36.0 Å². The zero-order valence-corrected chi connectivity index (χ0v) is 12.0. The summed E-state index contributed by atoms with van der Waals surface area (Å²) in [6, 6.07) is 4.79. The third-order valence-electron chi connectivity index (χ3n) is 3.25. The Kier molecular flexibility index (Phi) is 4.83. The molecule has 19 heavy (non-hydrogen) atoms. The molecule has 1 heterocycles. The van der Waals surface area contributed by atoms with Crippen molar-refractivity contribution in [3.8, 4) is 0 Å². The number of carbonyl (C=O) groups is 2. The van der Waals surface area contributed by atoms with Crippen molar-refractivity contribution in [1.82, 2.24) is 4.90 Å². The summed E-state index contributed by atoms with van der Waals surface area (Å²) in [5, 5.41) is 0.777. The molecule has 1 fully saturated rings. The van der Waals surface area contributed by atoms with Crippen LogP contribution < -0.4 is 0 Å². The molecule has 0 atom stereocenters. The number of Topliss-reactive ketones (excluding diaryl/α,β-unsaturated/α-hetero) is 1. The lowest BCUT2D eigenvalue weighted by molar-refractivity contribution is -0.130. The number of benzene rings is 1. The SMILES string of the molecule is O=C(CN1CCCCCC1=O)c1ccc(Cl)c(Cl)c1. The molecule has 0 aromatic heterocycles. The number of hydrogen-bond donors (Lipinski definition) is 0. The number of rotatable bonds is 3. The van der Waals surface area contributed by atoms with E-state index in [1.54, 1.807) is 23.1 Å². The third-order valence-corrected chi connectivity index (χ3v) is 3.99. The van der Waals surface area contributed by atoms with E-state index < -0.39 is 0 Å². The van der Waals surface area contributed by atoms with Crippen LogP contribution in [0.3, 0.4) is 0 Å². The minimum Gasteiger partial charge on any atom is -0.335 e. The van der Waals surface area contributed by atoms with Crippen molar-refractivity contribution in [1.29, 1.82) is 0 Å². The molecule has 0 saturated carbocycles. The van der Waals surface area contributed by atoms with Gasteiger partial charge in [-0.1, -0.05) is 29.6 Å². The van der Waals surface area contributed by atoms with Gasteiger partial charge in [0.05, 0.1) is 16.6 Å². The van der Waals surface area contributed by atoms with Crippen LogP contribution in [-0.4, -0.2) is 29.7 Å². The van der Waals surface area contributed by atoms with E-state index in [9.17, 15) is 9.59 Å². The number of likely N-dealkylation sites (tertiary alicyclic amines) is 1. The summed E-state index contributed by atoms with van der Waals surface area (Å²) in [7, 11) is 0. The summed E-state index contributed by atoms with van der Waals surface area (Å²) in [5.74, 6) is -0.0419. The Hall–Kier alpha value is -1.06. The molecular formula is C14H15Cl2NO2. The highest BCUT2D eigenvalue weighted by Crippen LogP contribution is 2.23. The van der Waals surface area contributed by atoms with Crippen molar-refractivity contribution in [3.05, 3.63) is 33.8 Å². The van der Waals surface area contributed by atoms with Crippen molar-refractivity contribution in [2.24, 2.45) is 0 Å². The monoisotopic (exact) mass is 299 g/mol. The molecule has 1 aliphatic heterocycles. The van der Waals surface area contributed by atoms with E-state index >= 15 is 0 Å². The van der Waals surface area contributed by atoms with E-state index in [2.05, 4.69) is 0 Å². The molecule has 0 aliphatic carbocycles. The first-order valence-corrected chi connectivity index (χ1v) is 7.09. The van der Waals surface area contributed by atoms with Gasteiger partial charge in [0.1, 0.15) is 0 Å². The highest BCUT2D eigenvalue weighted by atomic mass is 35.5. The Bertz CT molecular complexity index is 502. The van der Waals surface area contributed by atoms with Crippen LogP contribution in [0.4, 0.5) is 0 Å². The van der Waals surface area contributed by atoms with Crippen molar-refractivity contribution in [2.75, 3.05) is 13.1 Å². The largest absolute Gasteiger partial charge is 0.335 e. The Labute approximate surface area is 122 Å². The third kappa shape index (κ3) is 3.71. The Morgan fingerprint density at radius 2 is 1.95 bits per heavy atom. The van der Waals surface area contributed by atoms with Crippen LogP contribution in [0.2, 0.25) is 10.0 Å². The molecule has 3 nitrogen and oxygen atoms in total. The lowest BCUT2D eigenvalue weighted by Gasteiger charge is -2.19. The Balaban J connectivity index is 2.07. The van der Waals surface area contributed by atoms with Gasteiger partial charge in [-0.2, -0.15) is 0 Å². The number of carbonyl (C=O) groups excluding carboxylic acids is 2. The minimum atomic E-state index is -0.103. The molecule has 0 N–H and O–H groups in total. The number of hydrogen-bond acceptors (Lipinski definition) is 2. The van der Waals surface area contributed by atoms with Gasteiger partial charge in [0.25, 0.3) is 0 Å². The number of nitrogens with zero attached hydrogens (tertiary/aromatic N) is 1. The summed E-state index contributed by atoms with van der Waals surface area (Å²) < 4.78 is 0. The lowest BCUT2D eigenvalue weighted by atomic mass is 10.1. The topological polar surface area (TPSA) is 37.4 Å². The van der Waals surface area contributed by atoms with E-state index in [1.165, 1.54) is 0 Å². The predicted octanol–water partition coefficient (Wildman–Crippen LogP) is 3.58. The molecule has 5 heteroatoms.